The van der Waals surface area contributed by atoms with Crippen molar-refractivity contribution in [2.24, 2.45) is 5.92 Å². The highest BCUT2D eigenvalue weighted by atomic mass is 16.6. The first kappa shape index (κ1) is 16.0. The molecule has 0 saturated heterocycles. The highest BCUT2D eigenvalue weighted by molar-refractivity contribution is 5.70. The molecule has 0 unspecified atom stereocenters. The van der Waals surface area contributed by atoms with Gasteiger partial charge in [-0.15, -0.1) is 0 Å². The maximum Gasteiger partial charge on any atom is 0.306 e. The van der Waals surface area contributed by atoms with Crippen molar-refractivity contribution >= 4 is 5.97 Å². The van der Waals surface area contributed by atoms with E-state index in [-0.39, 0.29) is 5.97 Å². The Morgan fingerprint density at radius 3 is 2.41 bits per heavy atom. The summed E-state index contributed by atoms with van der Waals surface area (Å²) in [4.78, 5) is 11.6. The second-order valence-electron chi connectivity index (χ2n) is 5.41. The van der Waals surface area contributed by atoms with Gasteiger partial charge in [-0.1, -0.05) is 32.1 Å². The quantitative estimate of drug-likeness (QED) is 0.489. The van der Waals surface area contributed by atoms with E-state index in [0.717, 1.165) is 12.8 Å². The standard InChI is InChI=1S/C15H26O2/c1-7-15(6,10-8-9-12(2)3)17-14(16)11-13(4)5/h7,9,13H,1,8,10-11H2,2-6H3/t15-/m0/s1. The predicted molar refractivity (Wildman–Crippen MR) is 72.8 cm³/mol. The number of rotatable bonds is 7. The van der Waals surface area contributed by atoms with E-state index in [0.29, 0.717) is 12.3 Å². The lowest BCUT2D eigenvalue weighted by molar-refractivity contribution is -0.155. The third-order valence-electron chi connectivity index (χ3n) is 2.55. The van der Waals surface area contributed by atoms with Crippen LogP contribution in [0.5, 0.6) is 0 Å². The van der Waals surface area contributed by atoms with Crippen molar-refractivity contribution in [2.45, 2.75) is 59.5 Å². The number of ether oxygens (including phenoxy) is 1. The molecule has 2 nitrogen and oxygen atoms in total. The fraction of sp³-hybridized carbons (Fsp3) is 0.667. The van der Waals surface area contributed by atoms with E-state index < -0.39 is 5.60 Å². The molecule has 0 aromatic heterocycles. The molecule has 0 fully saturated rings. The molecule has 0 heterocycles. The summed E-state index contributed by atoms with van der Waals surface area (Å²) in [5.41, 5.74) is 0.739. The SMILES string of the molecule is C=C[C@@](C)(CCC=C(C)C)OC(=O)CC(C)C. The Labute approximate surface area is 106 Å². The molecule has 0 N–H and O–H groups in total. The predicted octanol–water partition coefficient (Wildman–Crippen LogP) is 4.27. The molecule has 0 aromatic carbocycles. The monoisotopic (exact) mass is 238 g/mol. The van der Waals surface area contributed by atoms with Crippen LogP contribution in [0.1, 0.15) is 53.9 Å². The Morgan fingerprint density at radius 2 is 2.00 bits per heavy atom. The lowest BCUT2D eigenvalue weighted by Crippen LogP contribution is -2.29. The van der Waals surface area contributed by atoms with Crippen molar-refractivity contribution in [3.05, 3.63) is 24.3 Å². The topological polar surface area (TPSA) is 26.3 Å². The molecule has 0 saturated carbocycles. The van der Waals surface area contributed by atoms with Crippen LogP contribution in [0, 0.1) is 5.92 Å². The molecule has 0 aliphatic carbocycles. The van der Waals surface area contributed by atoms with E-state index in [9.17, 15) is 4.79 Å². The third-order valence-corrected chi connectivity index (χ3v) is 2.55. The molecule has 0 aliphatic rings. The van der Waals surface area contributed by atoms with Gasteiger partial charge in [0.15, 0.2) is 0 Å². The average Bonchev–Trinajstić information content (AvgIpc) is 2.15. The van der Waals surface area contributed by atoms with Gasteiger partial charge in [0, 0.05) is 6.42 Å². The van der Waals surface area contributed by atoms with Gasteiger partial charge in [0.05, 0.1) is 0 Å². The molecule has 0 amide bonds. The Balaban J connectivity index is 4.32. The summed E-state index contributed by atoms with van der Waals surface area (Å²) in [6.07, 6.45) is 6.03. The van der Waals surface area contributed by atoms with Crippen molar-refractivity contribution in [3.63, 3.8) is 0 Å². The van der Waals surface area contributed by atoms with Crippen LogP contribution >= 0.6 is 0 Å². The molecule has 0 rings (SSSR count). The van der Waals surface area contributed by atoms with E-state index in [1.807, 2.05) is 20.8 Å². The van der Waals surface area contributed by atoms with Crippen LogP contribution in [-0.4, -0.2) is 11.6 Å². The normalized spacial score (nSPS) is 14.0. The molecule has 0 aliphatic heterocycles. The molecule has 1 atom stereocenters. The van der Waals surface area contributed by atoms with Gasteiger partial charge in [-0.3, -0.25) is 4.79 Å². The second-order valence-corrected chi connectivity index (χ2v) is 5.41. The van der Waals surface area contributed by atoms with Gasteiger partial charge in [0.1, 0.15) is 5.60 Å². The minimum absolute atomic E-state index is 0.139. The number of carbonyl (C=O) groups excluding carboxylic acids is 1. The highest BCUT2D eigenvalue weighted by Gasteiger charge is 2.24. The van der Waals surface area contributed by atoms with Gasteiger partial charge in [-0.2, -0.15) is 0 Å². The van der Waals surface area contributed by atoms with Crippen LogP contribution in [0.4, 0.5) is 0 Å². The van der Waals surface area contributed by atoms with Crippen LogP contribution in [0.25, 0.3) is 0 Å². The molecular weight excluding hydrogens is 212 g/mol. The number of esters is 1. The molecule has 17 heavy (non-hydrogen) atoms. The van der Waals surface area contributed by atoms with E-state index in [4.69, 9.17) is 4.74 Å². The number of hydrogen-bond donors (Lipinski definition) is 0. The zero-order valence-electron chi connectivity index (χ0n) is 11.9. The van der Waals surface area contributed by atoms with Crippen LogP contribution < -0.4 is 0 Å². The van der Waals surface area contributed by atoms with E-state index in [1.54, 1.807) is 6.08 Å². The molecule has 0 spiro atoms. The molecule has 98 valence electrons. The Kier molecular flexibility index (Phi) is 6.86. The van der Waals surface area contributed by atoms with E-state index in [2.05, 4.69) is 26.5 Å². The lowest BCUT2D eigenvalue weighted by Gasteiger charge is -2.26. The van der Waals surface area contributed by atoms with Crippen LogP contribution in [0.3, 0.4) is 0 Å². The fourth-order valence-corrected chi connectivity index (χ4v) is 1.48. The van der Waals surface area contributed by atoms with E-state index in [1.165, 1.54) is 5.57 Å². The van der Waals surface area contributed by atoms with Crippen LogP contribution in [-0.2, 0) is 9.53 Å². The first-order valence-electron chi connectivity index (χ1n) is 6.28. The summed E-state index contributed by atoms with van der Waals surface area (Å²) in [5, 5.41) is 0. The maximum atomic E-state index is 11.6. The molecule has 0 bridgehead atoms. The minimum Gasteiger partial charge on any atom is -0.455 e. The number of allylic oxidation sites excluding steroid dienone is 2. The third kappa shape index (κ3) is 7.78. The zero-order valence-corrected chi connectivity index (χ0v) is 11.9. The molecule has 0 radical (unpaired) electrons. The Morgan fingerprint density at radius 1 is 1.41 bits per heavy atom. The lowest BCUT2D eigenvalue weighted by atomic mass is 9.99. The van der Waals surface area contributed by atoms with E-state index >= 15 is 0 Å². The number of hydrogen-bond acceptors (Lipinski definition) is 2. The molecule has 2 heteroatoms. The number of carbonyl (C=O) groups is 1. The van der Waals surface area contributed by atoms with Gasteiger partial charge in [-0.05, 0) is 45.6 Å². The zero-order chi connectivity index (χ0) is 13.5. The Bertz CT molecular complexity index is 285. The van der Waals surface area contributed by atoms with Gasteiger partial charge in [0.2, 0.25) is 0 Å². The first-order chi connectivity index (χ1) is 7.79. The van der Waals surface area contributed by atoms with Crippen molar-refractivity contribution < 1.29 is 9.53 Å². The van der Waals surface area contributed by atoms with Gasteiger partial charge in [-0.25, -0.2) is 0 Å². The van der Waals surface area contributed by atoms with Crippen LogP contribution in [0.15, 0.2) is 24.3 Å². The average molecular weight is 238 g/mol. The Hall–Kier alpha value is -1.05. The molecule has 0 aromatic rings. The molecular formula is C15H26O2. The minimum atomic E-state index is -0.544. The maximum absolute atomic E-state index is 11.6. The van der Waals surface area contributed by atoms with Crippen molar-refractivity contribution in [1.82, 2.24) is 0 Å². The van der Waals surface area contributed by atoms with Crippen molar-refractivity contribution in [1.29, 1.82) is 0 Å². The second kappa shape index (κ2) is 7.31. The summed E-state index contributed by atoms with van der Waals surface area (Å²) < 4.78 is 5.49. The highest BCUT2D eigenvalue weighted by Crippen LogP contribution is 2.21. The summed E-state index contributed by atoms with van der Waals surface area (Å²) in [6.45, 7) is 13.8. The summed E-state index contributed by atoms with van der Waals surface area (Å²) in [7, 11) is 0. The summed E-state index contributed by atoms with van der Waals surface area (Å²) in [6, 6.07) is 0. The largest absolute Gasteiger partial charge is 0.455 e. The fourth-order valence-electron chi connectivity index (χ4n) is 1.48. The van der Waals surface area contributed by atoms with Gasteiger partial charge >= 0.3 is 5.97 Å². The smallest absolute Gasteiger partial charge is 0.306 e. The first-order valence-corrected chi connectivity index (χ1v) is 6.28. The summed E-state index contributed by atoms with van der Waals surface area (Å²) in [5.74, 6) is 0.189. The van der Waals surface area contributed by atoms with Crippen molar-refractivity contribution in [2.75, 3.05) is 0 Å². The summed E-state index contributed by atoms with van der Waals surface area (Å²) >= 11 is 0. The van der Waals surface area contributed by atoms with Gasteiger partial charge < -0.3 is 4.74 Å². The van der Waals surface area contributed by atoms with Crippen molar-refractivity contribution in [3.8, 4) is 0 Å². The van der Waals surface area contributed by atoms with Gasteiger partial charge in [0.25, 0.3) is 0 Å². The van der Waals surface area contributed by atoms with Crippen LogP contribution in [0.2, 0.25) is 0 Å².